The van der Waals surface area contributed by atoms with Crippen LogP contribution in [0.5, 0.6) is 0 Å². The first-order valence-electron chi connectivity index (χ1n) is 6.87. The van der Waals surface area contributed by atoms with Crippen molar-refractivity contribution >= 4 is 11.4 Å². The molecule has 0 aromatic heterocycles. The summed E-state index contributed by atoms with van der Waals surface area (Å²) in [5, 5.41) is 0. The number of anilines is 2. The Balaban J connectivity index is 2.09. The lowest BCUT2D eigenvalue weighted by atomic mass is 10.0. The molecule has 2 rings (SSSR count). The zero-order valence-electron chi connectivity index (χ0n) is 11.7. The van der Waals surface area contributed by atoms with E-state index in [0.29, 0.717) is 6.04 Å². The number of rotatable bonds is 5. The first kappa shape index (κ1) is 13.5. The van der Waals surface area contributed by atoms with Crippen LogP contribution in [0.1, 0.15) is 19.4 Å². The highest BCUT2D eigenvalue weighted by atomic mass is 15.1. The van der Waals surface area contributed by atoms with Gasteiger partial charge < -0.3 is 10.6 Å². The highest BCUT2D eigenvalue weighted by Gasteiger charge is 2.12. The molecule has 0 amide bonds. The standard InChI is InChI=1S/C17H22N2/c1-3-19(17-7-5-4-6-8-17)14(2)13-15-9-11-16(18)12-10-15/h4-12,14H,3,13,18H2,1-2H3. The summed E-state index contributed by atoms with van der Waals surface area (Å²) in [5.74, 6) is 0. The molecule has 0 aliphatic carbocycles. The van der Waals surface area contributed by atoms with Crippen molar-refractivity contribution in [3.8, 4) is 0 Å². The molecule has 0 spiro atoms. The van der Waals surface area contributed by atoms with Crippen LogP contribution in [0, 0.1) is 0 Å². The van der Waals surface area contributed by atoms with Crippen LogP contribution in [0.4, 0.5) is 11.4 Å². The molecule has 1 atom stereocenters. The molecule has 0 aliphatic rings. The highest BCUT2D eigenvalue weighted by molar-refractivity contribution is 5.47. The molecule has 0 saturated carbocycles. The third kappa shape index (κ3) is 3.50. The monoisotopic (exact) mass is 254 g/mol. The summed E-state index contributed by atoms with van der Waals surface area (Å²) in [5.41, 5.74) is 9.16. The SMILES string of the molecule is CCN(c1ccccc1)C(C)Cc1ccc(N)cc1. The number of hydrogen-bond donors (Lipinski definition) is 1. The van der Waals surface area contributed by atoms with E-state index in [1.54, 1.807) is 0 Å². The number of likely N-dealkylation sites (N-methyl/N-ethyl adjacent to an activating group) is 1. The van der Waals surface area contributed by atoms with Crippen molar-refractivity contribution in [3.05, 3.63) is 60.2 Å². The van der Waals surface area contributed by atoms with Crippen LogP contribution in [-0.4, -0.2) is 12.6 Å². The summed E-state index contributed by atoms with van der Waals surface area (Å²) in [6.07, 6.45) is 1.03. The van der Waals surface area contributed by atoms with E-state index in [4.69, 9.17) is 5.73 Å². The van der Waals surface area contributed by atoms with Crippen molar-refractivity contribution in [3.63, 3.8) is 0 Å². The van der Waals surface area contributed by atoms with Gasteiger partial charge in [0.2, 0.25) is 0 Å². The molecule has 2 aromatic carbocycles. The Morgan fingerprint density at radius 3 is 2.21 bits per heavy atom. The van der Waals surface area contributed by atoms with Gasteiger partial charge in [0, 0.05) is 24.0 Å². The van der Waals surface area contributed by atoms with Gasteiger partial charge in [0.15, 0.2) is 0 Å². The molecule has 0 fully saturated rings. The van der Waals surface area contributed by atoms with Crippen LogP contribution in [0.15, 0.2) is 54.6 Å². The molecular formula is C17H22N2. The molecule has 0 aliphatic heterocycles. The Morgan fingerprint density at radius 2 is 1.63 bits per heavy atom. The quantitative estimate of drug-likeness (QED) is 0.824. The summed E-state index contributed by atoms with van der Waals surface area (Å²) in [7, 11) is 0. The minimum Gasteiger partial charge on any atom is -0.399 e. The van der Waals surface area contributed by atoms with E-state index in [1.807, 2.05) is 12.1 Å². The van der Waals surface area contributed by atoms with Crippen molar-refractivity contribution in [2.24, 2.45) is 0 Å². The van der Waals surface area contributed by atoms with E-state index in [2.05, 4.69) is 61.2 Å². The number of para-hydroxylation sites is 1. The average molecular weight is 254 g/mol. The van der Waals surface area contributed by atoms with Crippen LogP contribution >= 0.6 is 0 Å². The van der Waals surface area contributed by atoms with Crippen LogP contribution in [0.2, 0.25) is 0 Å². The molecule has 19 heavy (non-hydrogen) atoms. The predicted octanol–water partition coefficient (Wildman–Crippen LogP) is 3.73. The second-order valence-electron chi connectivity index (χ2n) is 4.92. The molecular weight excluding hydrogens is 232 g/mol. The Hall–Kier alpha value is -1.96. The van der Waals surface area contributed by atoms with Crippen LogP contribution in [0.3, 0.4) is 0 Å². The smallest absolute Gasteiger partial charge is 0.0368 e. The van der Waals surface area contributed by atoms with Gasteiger partial charge in [-0.3, -0.25) is 0 Å². The van der Waals surface area contributed by atoms with E-state index >= 15 is 0 Å². The minimum atomic E-state index is 0.469. The molecule has 0 bridgehead atoms. The second kappa shape index (κ2) is 6.28. The van der Waals surface area contributed by atoms with Crippen molar-refractivity contribution in [1.29, 1.82) is 0 Å². The maximum Gasteiger partial charge on any atom is 0.0368 e. The number of nitrogen functional groups attached to an aromatic ring is 1. The number of hydrogen-bond acceptors (Lipinski definition) is 2. The fraction of sp³-hybridized carbons (Fsp3) is 0.294. The maximum absolute atomic E-state index is 5.72. The Morgan fingerprint density at radius 1 is 1.00 bits per heavy atom. The number of benzene rings is 2. The molecule has 0 radical (unpaired) electrons. The summed E-state index contributed by atoms with van der Waals surface area (Å²) < 4.78 is 0. The van der Waals surface area contributed by atoms with Gasteiger partial charge in [0.25, 0.3) is 0 Å². The van der Waals surface area contributed by atoms with Crippen LogP contribution in [0.25, 0.3) is 0 Å². The zero-order chi connectivity index (χ0) is 13.7. The van der Waals surface area contributed by atoms with Gasteiger partial charge in [-0.1, -0.05) is 30.3 Å². The molecule has 1 unspecified atom stereocenters. The zero-order valence-corrected chi connectivity index (χ0v) is 11.7. The number of nitrogens with two attached hydrogens (primary N) is 1. The Labute approximate surface area is 115 Å². The van der Waals surface area contributed by atoms with E-state index in [-0.39, 0.29) is 0 Å². The van der Waals surface area contributed by atoms with E-state index < -0.39 is 0 Å². The molecule has 0 heterocycles. The van der Waals surface area contributed by atoms with Crippen molar-refractivity contribution in [1.82, 2.24) is 0 Å². The largest absolute Gasteiger partial charge is 0.399 e. The average Bonchev–Trinajstić information content (AvgIpc) is 2.43. The first-order chi connectivity index (χ1) is 9.20. The predicted molar refractivity (Wildman–Crippen MR) is 83.5 cm³/mol. The summed E-state index contributed by atoms with van der Waals surface area (Å²) in [4.78, 5) is 2.43. The molecule has 2 aromatic rings. The fourth-order valence-corrected chi connectivity index (χ4v) is 2.47. The second-order valence-corrected chi connectivity index (χ2v) is 4.92. The lowest BCUT2D eigenvalue weighted by molar-refractivity contribution is 0.645. The molecule has 100 valence electrons. The third-order valence-corrected chi connectivity index (χ3v) is 3.47. The van der Waals surface area contributed by atoms with Crippen molar-refractivity contribution in [2.75, 3.05) is 17.2 Å². The van der Waals surface area contributed by atoms with E-state index in [0.717, 1.165) is 18.7 Å². The Bertz CT molecular complexity index is 490. The van der Waals surface area contributed by atoms with Gasteiger partial charge in [-0.05, 0) is 50.1 Å². The Kier molecular flexibility index (Phi) is 4.45. The maximum atomic E-state index is 5.72. The highest BCUT2D eigenvalue weighted by Crippen LogP contribution is 2.19. The summed E-state index contributed by atoms with van der Waals surface area (Å²) in [6, 6.07) is 19.2. The lowest BCUT2D eigenvalue weighted by Gasteiger charge is -2.30. The van der Waals surface area contributed by atoms with Crippen molar-refractivity contribution in [2.45, 2.75) is 26.3 Å². The first-order valence-corrected chi connectivity index (χ1v) is 6.87. The van der Waals surface area contributed by atoms with Gasteiger partial charge in [-0.15, -0.1) is 0 Å². The molecule has 2 heteroatoms. The third-order valence-electron chi connectivity index (χ3n) is 3.47. The van der Waals surface area contributed by atoms with Gasteiger partial charge >= 0.3 is 0 Å². The van der Waals surface area contributed by atoms with Crippen molar-refractivity contribution < 1.29 is 0 Å². The minimum absolute atomic E-state index is 0.469. The van der Waals surface area contributed by atoms with Gasteiger partial charge in [0.1, 0.15) is 0 Å². The van der Waals surface area contributed by atoms with E-state index in [1.165, 1.54) is 11.3 Å². The van der Waals surface area contributed by atoms with Gasteiger partial charge in [-0.2, -0.15) is 0 Å². The normalized spacial score (nSPS) is 12.1. The van der Waals surface area contributed by atoms with E-state index in [9.17, 15) is 0 Å². The fourth-order valence-electron chi connectivity index (χ4n) is 2.47. The summed E-state index contributed by atoms with van der Waals surface area (Å²) >= 11 is 0. The van der Waals surface area contributed by atoms with Gasteiger partial charge in [0.05, 0.1) is 0 Å². The number of nitrogens with zero attached hydrogens (tertiary/aromatic N) is 1. The molecule has 2 N–H and O–H groups in total. The van der Waals surface area contributed by atoms with Gasteiger partial charge in [-0.25, -0.2) is 0 Å². The van der Waals surface area contributed by atoms with Crippen LogP contribution in [-0.2, 0) is 6.42 Å². The molecule has 2 nitrogen and oxygen atoms in total. The topological polar surface area (TPSA) is 29.3 Å². The lowest BCUT2D eigenvalue weighted by Crippen LogP contribution is -2.34. The summed E-state index contributed by atoms with van der Waals surface area (Å²) in [6.45, 7) is 5.49. The molecule has 0 saturated heterocycles. The van der Waals surface area contributed by atoms with Crippen LogP contribution < -0.4 is 10.6 Å².